The molecule has 0 amide bonds. The predicted molar refractivity (Wildman–Crippen MR) is 175 cm³/mol. The minimum atomic E-state index is 0.706. The number of nitrogens with one attached hydrogen (secondary N) is 6. The molecule has 0 atom stereocenters. The van der Waals surface area contributed by atoms with Crippen molar-refractivity contribution in [3.05, 3.63) is 90.0 Å². The highest BCUT2D eigenvalue weighted by Crippen LogP contribution is 2.32. The molecule has 1 aliphatic rings. The molecule has 11 heteroatoms. The van der Waals surface area contributed by atoms with E-state index in [1.165, 1.54) is 29.4 Å². The maximum atomic E-state index is 4.56. The lowest BCUT2D eigenvalue weighted by Gasteiger charge is -2.16. The molecular weight excluding hydrogens is 551 g/mol. The van der Waals surface area contributed by atoms with Crippen LogP contribution in [-0.4, -0.2) is 22.4 Å². The van der Waals surface area contributed by atoms with Gasteiger partial charge in [-0.3, -0.25) is 16.3 Å². The molecule has 1 saturated heterocycles. The standard InChI is InChI=1S/C30H33N9S2/c1-20-19-24(33-36-27-14-15-28(40-27)39-16-6-7-17-39)11-12-25(20)34-32-23-10-13-26(21(2)18-23)35-37-30-31-29(38-41-30)22-8-4-3-5-9-22/h3-5,8-15,18-19,32-36H,6-7,16-17H2,1-2H3,(H,31,37,38). The second-order valence-electron chi connectivity index (χ2n) is 9.93. The first kappa shape index (κ1) is 26.7. The molecule has 210 valence electrons. The number of anilines is 7. The summed E-state index contributed by atoms with van der Waals surface area (Å²) < 4.78 is 4.44. The Morgan fingerprint density at radius 3 is 2.02 bits per heavy atom. The van der Waals surface area contributed by atoms with Crippen LogP contribution in [0.1, 0.15) is 24.0 Å². The van der Waals surface area contributed by atoms with Crippen molar-refractivity contribution < 1.29 is 0 Å². The van der Waals surface area contributed by atoms with Crippen LogP contribution >= 0.6 is 22.9 Å². The first-order valence-corrected chi connectivity index (χ1v) is 15.2. The van der Waals surface area contributed by atoms with E-state index in [1.807, 2.05) is 42.5 Å². The molecule has 0 bridgehead atoms. The van der Waals surface area contributed by atoms with Crippen LogP contribution in [-0.2, 0) is 0 Å². The number of rotatable bonds is 11. The molecule has 9 nitrogen and oxygen atoms in total. The quantitative estimate of drug-likeness (QED) is 0.0870. The Labute approximate surface area is 248 Å². The summed E-state index contributed by atoms with van der Waals surface area (Å²) in [5, 5.41) is 3.15. The summed E-state index contributed by atoms with van der Waals surface area (Å²) in [6.07, 6.45) is 2.57. The van der Waals surface area contributed by atoms with Crippen molar-refractivity contribution in [2.75, 3.05) is 50.5 Å². The number of aryl methyl sites for hydroxylation is 2. The molecule has 2 aromatic heterocycles. The molecule has 1 fully saturated rings. The van der Waals surface area contributed by atoms with Crippen LogP contribution < -0.4 is 37.5 Å². The Bertz CT molecular complexity index is 1590. The first-order chi connectivity index (χ1) is 20.1. The number of hydrazine groups is 3. The summed E-state index contributed by atoms with van der Waals surface area (Å²) in [6, 6.07) is 26.7. The smallest absolute Gasteiger partial charge is 0.221 e. The normalized spacial score (nSPS) is 12.7. The number of aromatic nitrogens is 2. The molecule has 0 saturated carbocycles. The van der Waals surface area contributed by atoms with E-state index < -0.39 is 0 Å². The molecule has 6 N–H and O–H groups in total. The van der Waals surface area contributed by atoms with E-state index in [0.717, 1.165) is 57.5 Å². The summed E-state index contributed by atoms with van der Waals surface area (Å²) in [7, 11) is 0. The van der Waals surface area contributed by atoms with Crippen molar-refractivity contribution in [2.24, 2.45) is 0 Å². The fourth-order valence-electron chi connectivity index (χ4n) is 4.64. The van der Waals surface area contributed by atoms with Gasteiger partial charge in [0, 0.05) is 30.2 Å². The predicted octanol–water partition coefficient (Wildman–Crippen LogP) is 7.80. The summed E-state index contributed by atoms with van der Waals surface area (Å²) in [5.41, 5.74) is 26.9. The van der Waals surface area contributed by atoms with Gasteiger partial charge in [-0.15, -0.1) is 0 Å². The van der Waals surface area contributed by atoms with Gasteiger partial charge in [0.05, 0.1) is 27.8 Å². The van der Waals surface area contributed by atoms with E-state index in [1.54, 1.807) is 11.3 Å². The molecule has 0 spiro atoms. The summed E-state index contributed by atoms with van der Waals surface area (Å²) in [4.78, 5) is 7.02. The molecule has 0 aliphatic carbocycles. The van der Waals surface area contributed by atoms with E-state index in [4.69, 9.17) is 0 Å². The van der Waals surface area contributed by atoms with Crippen molar-refractivity contribution >= 4 is 60.8 Å². The van der Waals surface area contributed by atoms with Gasteiger partial charge in [-0.05, 0) is 86.3 Å². The topological polar surface area (TPSA) is 101 Å². The van der Waals surface area contributed by atoms with E-state index in [-0.39, 0.29) is 0 Å². The van der Waals surface area contributed by atoms with Gasteiger partial charge in [0.25, 0.3) is 0 Å². The molecule has 3 heterocycles. The van der Waals surface area contributed by atoms with Crippen LogP contribution in [0, 0.1) is 13.8 Å². The van der Waals surface area contributed by atoms with E-state index >= 15 is 0 Å². The highest BCUT2D eigenvalue weighted by atomic mass is 32.1. The van der Waals surface area contributed by atoms with Crippen molar-refractivity contribution in [3.8, 4) is 11.4 Å². The maximum Gasteiger partial charge on any atom is 0.221 e. The molecule has 41 heavy (non-hydrogen) atoms. The Hall–Kier alpha value is -4.48. The monoisotopic (exact) mass is 583 g/mol. The van der Waals surface area contributed by atoms with Gasteiger partial charge in [0.2, 0.25) is 5.13 Å². The summed E-state index contributed by atoms with van der Waals surface area (Å²) in [6.45, 7) is 6.47. The fourth-order valence-corrected chi connectivity index (χ4v) is 6.09. The van der Waals surface area contributed by atoms with Gasteiger partial charge < -0.3 is 21.2 Å². The summed E-state index contributed by atoms with van der Waals surface area (Å²) in [5.74, 6) is 0.714. The molecule has 3 aromatic carbocycles. The SMILES string of the molecule is Cc1cc(NNc2ccc(N3CCCC3)s2)ccc1NNc1ccc(NNc2nc(-c3ccccc3)ns2)c(C)c1. The van der Waals surface area contributed by atoms with E-state index in [2.05, 4.69) is 97.1 Å². The van der Waals surface area contributed by atoms with Crippen LogP contribution in [0.4, 0.5) is 37.9 Å². The van der Waals surface area contributed by atoms with Gasteiger partial charge in [-0.25, -0.2) is 0 Å². The zero-order chi connectivity index (χ0) is 28.0. The fraction of sp³-hybridized carbons (Fsp3) is 0.200. The van der Waals surface area contributed by atoms with E-state index in [9.17, 15) is 0 Å². The zero-order valence-electron chi connectivity index (χ0n) is 23.0. The molecule has 6 rings (SSSR count). The lowest BCUT2D eigenvalue weighted by Crippen LogP contribution is -2.15. The van der Waals surface area contributed by atoms with Crippen LogP contribution in [0.5, 0.6) is 0 Å². The average Bonchev–Trinajstić information content (AvgIpc) is 3.78. The third-order valence-electron chi connectivity index (χ3n) is 6.90. The third-order valence-corrected chi connectivity index (χ3v) is 8.59. The van der Waals surface area contributed by atoms with Crippen molar-refractivity contribution in [2.45, 2.75) is 26.7 Å². The number of hydrogen-bond donors (Lipinski definition) is 6. The van der Waals surface area contributed by atoms with Crippen molar-refractivity contribution in [1.82, 2.24) is 9.36 Å². The second kappa shape index (κ2) is 12.4. The minimum Gasteiger partial charge on any atom is -0.363 e. The van der Waals surface area contributed by atoms with Gasteiger partial charge in [-0.2, -0.15) is 9.36 Å². The Morgan fingerprint density at radius 2 is 1.34 bits per heavy atom. The lowest BCUT2D eigenvalue weighted by molar-refractivity contribution is 0.949. The van der Waals surface area contributed by atoms with Crippen LogP contribution in [0.2, 0.25) is 0 Å². The van der Waals surface area contributed by atoms with Crippen LogP contribution in [0.15, 0.2) is 78.9 Å². The van der Waals surface area contributed by atoms with Gasteiger partial charge >= 0.3 is 0 Å². The molecular formula is C30H33N9S2. The molecule has 0 radical (unpaired) electrons. The average molecular weight is 584 g/mol. The van der Waals surface area contributed by atoms with Crippen LogP contribution in [0.25, 0.3) is 11.4 Å². The summed E-state index contributed by atoms with van der Waals surface area (Å²) >= 11 is 3.10. The Kier molecular flexibility index (Phi) is 8.06. The highest BCUT2D eigenvalue weighted by molar-refractivity contribution is 7.20. The largest absolute Gasteiger partial charge is 0.363 e. The number of benzene rings is 3. The Balaban J connectivity index is 0.991. The maximum absolute atomic E-state index is 4.56. The minimum absolute atomic E-state index is 0.706. The van der Waals surface area contributed by atoms with Crippen molar-refractivity contribution in [1.29, 1.82) is 0 Å². The first-order valence-electron chi connectivity index (χ1n) is 13.6. The third kappa shape index (κ3) is 6.64. The zero-order valence-corrected chi connectivity index (χ0v) is 24.6. The molecule has 0 unspecified atom stereocenters. The number of thiophene rings is 1. The van der Waals surface area contributed by atoms with E-state index in [0.29, 0.717) is 11.0 Å². The molecule has 1 aliphatic heterocycles. The number of nitrogens with zero attached hydrogens (tertiary/aromatic N) is 3. The van der Waals surface area contributed by atoms with Crippen molar-refractivity contribution in [3.63, 3.8) is 0 Å². The van der Waals surface area contributed by atoms with Gasteiger partial charge in [-0.1, -0.05) is 41.7 Å². The Morgan fingerprint density at radius 1 is 0.683 bits per heavy atom. The molecule has 5 aromatic rings. The van der Waals surface area contributed by atoms with Crippen LogP contribution in [0.3, 0.4) is 0 Å². The highest BCUT2D eigenvalue weighted by Gasteiger charge is 2.14. The van der Waals surface area contributed by atoms with Gasteiger partial charge in [0.15, 0.2) is 5.82 Å². The number of hydrogen-bond acceptors (Lipinski definition) is 11. The lowest BCUT2D eigenvalue weighted by atomic mass is 10.2. The second-order valence-corrected chi connectivity index (χ2v) is 11.7. The van der Waals surface area contributed by atoms with Gasteiger partial charge in [0.1, 0.15) is 5.00 Å².